The van der Waals surface area contributed by atoms with Gasteiger partial charge in [-0.2, -0.15) is 0 Å². The van der Waals surface area contributed by atoms with Gasteiger partial charge in [0.1, 0.15) is 5.82 Å². The average Bonchev–Trinajstić information content (AvgIpc) is 3.18. The first kappa shape index (κ1) is 20.0. The molecule has 1 atom stereocenters. The first-order chi connectivity index (χ1) is 15.3. The van der Waals surface area contributed by atoms with Crippen LogP contribution < -0.4 is 0 Å². The van der Waals surface area contributed by atoms with Crippen LogP contribution in [0.15, 0.2) is 66.2 Å². The van der Waals surface area contributed by atoms with Crippen molar-refractivity contribution in [2.24, 2.45) is 5.92 Å². The summed E-state index contributed by atoms with van der Waals surface area (Å²) in [6.07, 6.45) is 6.93. The number of hydrogen-bond donors (Lipinski definition) is 0. The van der Waals surface area contributed by atoms with Gasteiger partial charge in [0.15, 0.2) is 5.78 Å². The van der Waals surface area contributed by atoms with E-state index < -0.39 is 0 Å². The van der Waals surface area contributed by atoms with Gasteiger partial charge in [0.05, 0.1) is 5.69 Å². The van der Waals surface area contributed by atoms with Crippen molar-refractivity contribution in [1.29, 1.82) is 0 Å². The Morgan fingerprint density at radius 2 is 1.68 bits per heavy atom. The lowest BCUT2D eigenvalue weighted by Gasteiger charge is -2.31. The molecule has 2 aliphatic rings. The van der Waals surface area contributed by atoms with Crippen molar-refractivity contribution in [3.63, 3.8) is 0 Å². The predicted molar refractivity (Wildman–Crippen MR) is 126 cm³/mol. The topological polar surface area (TPSA) is 34.9 Å². The number of fused-ring (bicyclic) bond motifs is 3. The van der Waals surface area contributed by atoms with E-state index in [0.29, 0.717) is 18.1 Å². The second-order valence-corrected chi connectivity index (χ2v) is 8.86. The maximum atomic E-state index is 12.9. The SMILES string of the molecule is CCCCC1=C2c3nc(-c4ccccc4)n(Cc4ccccc4)c3CCC2CCC1=O. The third-order valence-corrected chi connectivity index (χ3v) is 6.84. The van der Waals surface area contributed by atoms with Crippen LogP contribution in [0.1, 0.15) is 62.4 Å². The summed E-state index contributed by atoms with van der Waals surface area (Å²) in [5, 5.41) is 0. The number of rotatable bonds is 6. The number of Topliss-reactive ketones (excluding diaryl/α,β-unsaturated/α-hetero) is 1. The first-order valence-corrected chi connectivity index (χ1v) is 11.7. The minimum Gasteiger partial charge on any atom is -0.323 e. The number of hydrogen-bond acceptors (Lipinski definition) is 2. The van der Waals surface area contributed by atoms with Crippen molar-refractivity contribution in [2.75, 3.05) is 0 Å². The van der Waals surface area contributed by atoms with Crippen LogP contribution in [-0.2, 0) is 17.8 Å². The monoisotopic (exact) mass is 410 g/mol. The molecule has 3 heteroatoms. The Morgan fingerprint density at radius 3 is 2.42 bits per heavy atom. The third kappa shape index (κ3) is 3.78. The summed E-state index contributed by atoms with van der Waals surface area (Å²) in [6, 6.07) is 21.1. The van der Waals surface area contributed by atoms with Crippen LogP contribution in [0.5, 0.6) is 0 Å². The molecule has 3 aromatic rings. The summed E-state index contributed by atoms with van der Waals surface area (Å²) in [6.45, 7) is 3.01. The summed E-state index contributed by atoms with van der Waals surface area (Å²) in [4.78, 5) is 18.2. The maximum absolute atomic E-state index is 12.9. The van der Waals surface area contributed by atoms with Gasteiger partial charge in [-0.15, -0.1) is 0 Å². The molecule has 0 N–H and O–H groups in total. The normalized spacial score (nSPS) is 18.1. The number of benzene rings is 2. The lowest BCUT2D eigenvalue weighted by molar-refractivity contribution is -0.116. The second kappa shape index (κ2) is 8.66. The molecular weight excluding hydrogens is 380 g/mol. The summed E-state index contributed by atoms with van der Waals surface area (Å²) in [5.74, 6) is 1.86. The molecule has 31 heavy (non-hydrogen) atoms. The molecule has 158 valence electrons. The Morgan fingerprint density at radius 1 is 0.968 bits per heavy atom. The number of ketones is 1. The van der Waals surface area contributed by atoms with E-state index in [4.69, 9.17) is 4.98 Å². The molecule has 5 rings (SSSR count). The molecule has 0 fully saturated rings. The Balaban J connectivity index is 1.69. The molecule has 2 aromatic carbocycles. The molecule has 1 aromatic heterocycles. The fourth-order valence-electron chi connectivity index (χ4n) is 5.26. The summed E-state index contributed by atoms with van der Waals surface area (Å²) in [5.41, 5.74) is 7.17. The molecule has 3 nitrogen and oxygen atoms in total. The van der Waals surface area contributed by atoms with Crippen LogP contribution in [-0.4, -0.2) is 15.3 Å². The van der Waals surface area contributed by atoms with Gasteiger partial charge in [0, 0.05) is 29.8 Å². The zero-order chi connectivity index (χ0) is 21.2. The third-order valence-electron chi connectivity index (χ3n) is 6.84. The maximum Gasteiger partial charge on any atom is 0.159 e. The number of unbranched alkanes of at least 4 members (excludes halogenated alkanes) is 1. The lowest BCUT2D eigenvalue weighted by Crippen LogP contribution is -2.24. The average molecular weight is 411 g/mol. The van der Waals surface area contributed by atoms with Crippen LogP contribution in [0.2, 0.25) is 0 Å². The number of carbonyl (C=O) groups is 1. The fraction of sp³-hybridized carbons (Fsp3) is 0.357. The predicted octanol–water partition coefficient (Wildman–Crippen LogP) is 6.47. The van der Waals surface area contributed by atoms with Crippen LogP contribution in [0.25, 0.3) is 17.0 Å². The van der Waals surface area contributed by atoms with Crippen molar-refractivity contribution in [3.05, 3.63) is 83.2 Å². The largest absolute Gasteiger partial charge is 0.323 e. The number of allylic oxidation sites excluding steroid dienone is 2. The molecular formula is C28H30N2O. The molecule has 0 saturated heterocycles. The Hall–Kier alpha value is -2.94. The van der Waals surface area contributed by atoms with Gasteiger partial charge in [-0.3, -0.25) is 4.79 Å². The minimum absolute atomic E-state index is 0.353. The second-order valence-electron chi connectivity index (χ2n) is 8.86. The highest BCUT2D eigenvalue weighted by Gasteiger charge is 2.36. The highest BCUT2D eigenvalue weighted by Crippen LogP contribution is 2.45. The number of carbonyl (C=O) groups excluding carboxylic acids is 1. The van der Waals surface area contributed by atoms with Crippen molar-refractivity contribution in [1.82, 2.24) is 9.55 Å². The van der Waals surface area contributed by atoms with Gasteiger partial charge >= 0.3 is 0 Å². The van der Waals surface area contributed by atoms with Gasteiger partial charge in [-0.25, -0.2) is 4.98 Å². The van der Waals surface area contributed by atoms with E-state index >= 15 is 0 Å². The Bertz CT molecular complexity index is 1110. The number of nitrogens with zero attached hydrogens (tertiary/aromatic N) is 2. The van der Waals surface area contributed by atoms with Gasteiger partial charge in [-0.05, 0) is 49.2 Å². The number of aromatic nitrogens is 2. The minimum atomic E-state index is 0.353. The van der Waals surface area contributed by atoms with E-state index in [9.17, 15) is 4.79 Å². The lowest BCUT2D eigenvalue weighted by atomic mass is 9.73. The summed E-state index contributed by atoms with van der Waals surface area (Å²) in [7, 11) is 0. The molecule has 0 spiro atoms. The Kier molecular flexibility index (Phi) is 5.59. The molecule has 0 bridgehead atoms. The fourth-order valence-corrected chi connectivity index (χ4v) is 5.26. The molecule has 0 aliphatic heterocycles. The van der Waals surface area contributed by atoms with E-state index in [0.717, 1.165) is 67.7 Å². The molecule has 2 aliphatic carbocycles. The van der Waals surface area contributed by atoms with Crippen molar-refractivity contribution in [3.8, 4) is 11.4 Å². The van der Waals surface area contributed by atoms with E-state index in [1.54, 1.807) is 0 Å². The standard InChI is InChI=1S/C28H30N2O/c1-2-3-14-23-25(31)18-16-21-15-17-24-27(26(21)23)29-28(22-12-8-5-9-13-22)30(24)19-20-10-6-4-7-11-20/h4-13,21H,2-3,14-19H2,1H3. The van der Waals surface area contributed by atoms with Gasteiger partial charge in [-0.1, -0.05) is 74.0 Å². The molecule has 0 amide bonds. The summed E-state index contributed by atoms with van der Waals surface area (Å²) < 4.78 is 2.40. The zero-order valence-corrected chi connectivity index (χ0v) is 18.3. The number of imidazole rings is 1. The Labute approximate surface area is 184 Å². The van der Waals surface area contributed by atoms with Gasteiger partial charge < -0.3 is 4.57 Å². The zero-order valence-electron chi connectivity index (χ0n) is 18.3. The van der Waals surface area contributed by atoms with Crippen molar-refractivity contribution >= 4 is 11.4 Å². The highest BCUT2D eigenvalue weighted by atomic mass is 16.1. The van der Waals surface area contributed by atoms with Crippen LogP contribution >= 0.6 is 0 Å². The summed E-state index contributed by atoms with van der Waals surface area (Å²) >= 11 is 0. The quantitative estimate of drug-likeness (QED) is 0.467. The van der Waals surface area contributed by atoms with Crippen LogP contribution in [0.3, 0.4) is 0 Å². The molecule has 0 radical (unpaired) electrons. The van der Waals surface area contributed by atoms with E-state index in [2.05, 4.69) is 72.2 Å². The van der Waals surface area contributed by atoms with E-state index in [-0.39, 0.29) is 0 Å². The van der Waals surface area contributed by atoms with Crippen LogP contribution in [0, 0.1) is 5.92 Å². The van der Waals surface area contributed by atoms with E-state index in [1.165, 1.54) is 16.8 Å². The van der Waals surface area contributed by atoms with Gasteiger partial charge in [0.2, 0.25) is 0 Å². The van der Waals surface area contributed by atoms with Crippen molar-refractivity contribution < 1.29 is 4.79 Å². The van der Waals surface area contributed by atoms with Crippen LogP contribution in [0.4, 0.5) is 0 Å². The molecule has 1 unspecified atom stereocenters. The smallest absolute Gasteiger partial charge is 0.159 e. The highest BCUT2D eigenvalue weighted by molar-refractivity contribution is 6.04. The first-order valence-electron chi connectivity index (χ1n) is 11.7. The van der Waals surface area contributed by atoms with Crippen molar-refractivity contribution in [2.45, 2.75) is 58.4 Å². The van der Waals surface area contributed by atoms with E-state index in [1.807, 2.05) is 0 Å². The molecule has 1 heterocycles. The molecule has 0 saturated carbocycles. The van der Waals surface area contributed by atoms with Gasteiger partial charge in [0.25, 0.3) is 0 Å².